The van der Waals surface area contributed by atoms with Crippen molar-refractivity contribution in [3.8, 4) is 11.5 Å². The van der Waals surface area contributed by atoms with Gasteiger partial charge in [-0.1, -0.05) is 12.1 Å². The highest BCUT2D eigenvalue weighted by Crippen LogP contribution is 2.33. The van der Waals surface area contributed by atoms with Gasteiger partial charge in [0.25, 0.3) is 0 Å². The van der Waals surface area contributed by atoms with Crippen LogP contribution in [0.3, 0.4) is 0 Å². The average Bonchev–Trinajstić information content (AvgIpc) is 3.13. The quantitative estimate of drug-likeness (QED) is 0.379. The molecule has 0 saturated carbocycles. The van der Waals surface area contributed by atoms with Gasteiger partial charge in [0.05, 0.1) is 11.0 Å². The summed E-state index contributed by atoms with van der Waals surface area (Å²) in [7, 11) is 3.27. The van der Waals surface area contributed by atoms with E-state index in [9.17, 15) is 19.3 Å². The van der Waals surface area contributed by atoms with Gasteiger partial charge in [0.2, 0.25) is 5.82 Å². The Morgan fingerprint density at radius 2 is 2.03 bits per heavy atom. The highest BCUT2D eigenvalue weighted by molar-refractivity contribution is 5.70. The molecule has 0 spiro atoms. The minimum absolute atomic E-state index is 0.0185. The topological polar surface area (TPSA) is 98.0 Å². The maximum absolute atomic E-state index is 14.7. The SMILES string of the molecule is CN(c1ccc(Oc2ccc(CC3COC(=O)N3C)cc2)c(F)c1)c1ncccc1[N+](=O)[O-]. The normalized spacial score (nSPS) is 15.3. The first-order valence-electron chi connectivity index (χ1n) is 10.1. The molecule has 1 unspecified atom stereocenters. The highest BCUT2D eigenvalue weighted by atomic mass is 19.1. The van der Waals surface area contributed by atoms with E-state index in [1.165, 1.54) is 35.4 Å². The molecule has 1 saturated heterocycles. The summed E-state index contributed by atoms with van der Waals surface area (Å²) >= 11 is 0. The third-order valence-corrected chi connectivity index (χ3v) is 5.44. The molecule has 4 rings (SSSR count). The van der Waals surface area contributed by atoms with Crippen LogP contribution >= 0.6 is 0 Å². The number of hydrogen-bond acceptors (Lipinski definition) is 7. The van der Waals surface area contributed by atoms with Crippen molar-refractivity contribution >= 4 is 23.3 Å². The van der Waals surface area contributed by atoms with Gasteiger partial charge in [-0.15, -0.1) is 0 Å². The number of pyridine rings is 1. The summed E-state index contributed by atoms with van der Waals surface area (Å²) in [5.74, 6) is -0.0485. The molecule has 33 heavy (non-hydrogen) atoms. The number of nitro groups is 1. The maximum Gasteiger partial charge on any atom is 0.409 e. The van der Waals surface area contributed by atoms with Crippen molar-refractivity contribution in [2.75, 3.05) is 25.6 Å². The fourth-order valence-electron chi connectivity index (χ4n) is 3.51. The minimum atomic E-state index is -0.620. The molecule has 0 aliphatic carbocycles. The molecule has 9 nitrogen and oxygen atoms in total. The molecule has 1 atom stereocenters. The summed E-state index contributed by atoms with van der Waals surface area (Å²) in [5.41, 5.74) is 1.20. The monoisotopic (exact) mass is 452 g/mol. The van der Waals surface area contributed by atoms with E-state index < -0.39 is 10.7 Å². The van der Waals surface area contributed by atoms with E-state index in [0.717, 1.165) is 5.56 Å². The lowest BCUT2D eigenvalue weighted by Crippen LogP contribution is -2.30. The van der Waals surface area contributed by atoms with Crippen LogP contribution in [-0.4, -0.2) is 47.6 Å². The van der Waals surface area contributed by atoms with E-state index >= 15 is 0 Å². The van der Waals surface area contributed by atoms with E-state index in [2.05, 4.69) is 4.98 Å². The van der Waals surface area contributed by atoms with Gasteiger partial charge in [0.15, 0.2) is 11.6 Å². The highest BCUT2D eigenvalue weighted by Gasteiger charge is 2.29. The Bertz CT molecular complexity index is 1190. The second-order valence-corrected chi connectivity index (χ2v) is 7.57. The Balaban J connectivity index is 1.46. The fraction of sp³-hybridized carbons (Fsp3) is 0.217. The smallest absolute Gasteiger partial charge is 0.409 e. The standard InChI is InChI=1S/C23H21FN4O5/c1-26(22-20(28(30)31)4-3-11-25-22)16-7-10-21(19(24)13-16)33-18-8-5-15(6-9-18)12-17-14-32-23(29)27(17)2/h3-11,13,17H,12,14H2,1-2H3. The Morgan fingerprint density at radius 3 is 2.67 bits per heavy atom. The van der Waals surface area contributed by atoms with Crippen molar-refractivity contribution in [1.29, 1.82) is 0 Å². The molecule has 170 valence electrons. The summed E-state index contributed by atoms with van der Waals surface area (Å²) in [6, 6.07) is 14.2. The Labute approximate surface area is 189 Å². The van der Waals surface area contributed by atoms with Crippen LogP contribution in [0, 0.1) is 15.9 Å². The number of halogens is 1. The van der Waals surface area contributed by atoms with Gasteiger partial charge in [-0.3, -0.25) is 10.1 Å². The zero-order valence-electron chi connectivity index (χ0n) is 18.0. The van der Waals surface area contributed by atoms with Crippen LogP contribution in [-0.2, 0) is 11.2 Å². The van der Waals surface area contributed by atoms with E-state index in [0.29, 0.717) is 24.5 Å². The fourth-order valence-corrected chi connectivity index (χ4v) is 3.51. The van der Waals surface area contributed by atoms with Crippen molar-refractivity contribution < 1.29 is 23.6 Å². The number of aromatic nitrogens is 1. The number of carbonyl (C=O) groups is 1. The van der Waals surface area contributed by atoms with Gasteiger partial charge in [0, 0.05) is 38.1 Å². The van der Waals surface area contributed by atoms with Crippen molar-refractivity contribution in [2.24, 2.45) is 0 Å². The summed E-state index contributed by atoms with van der Waals surface area (Å²) in [6.07, 6.45) is 1.74. The molecule has 0 radical (unpaired) electrons. The number of amides is 1. The number of carbonyl (C=O) groups excluding carboxylic acids is 1. The lowest BCUT2D eigenvalue weighted by Gasteiger charge is -2.19. The number of rotatable bonds is 7. The van der Waals surface area contributed by atoms with Gasteiger partial charge >= 0.3 is 11.8 Å². The molecule has 3 aromatic rings. The summed E-state index contributed by atoms with van der Waals surface area (Å²) in [6.45, 7) is 0.348. The Morgan fingerprint density at radius 1 is 1.27 bits per heavy atom. The average molecular weight is 452 g/mol. The largest absolute Gasteiger partial charge is 0.454 e. The molecule has 0 N–H and O–H groups in total. The predicted molar refractivity (Wildman–Crippen MR) is 118 cm³/mol. The van der Waals surface area contributed by atoms with E-state index in [1.807, 2.05) is 12.1 Å². The number of likely N-dealkylation sites (N-methyl/N-ethyl adjacent to an activating group) is 1. The Hall–Kier alpha value is -4.21. The first kappa shape index (κ1) is 22.0. The molecule has 1 aliphatic heterocycles. The lowest BCUT2D eigenvalue weighted by molar-refractivity contribution is -0.384. The van der Waals surface area contributed by atoms with Crippen LogP contribution in [0.25, 0.3) is 0 Å². The van der Waals surface area contributed by atoms with Crippen LogP contribution in [0.2, 0.25) is 0 Å². The van der Waals surface area contributed by atoms with Crippen molar-refractivity contribution in [1.82, 2.24) is 9.88 Å². The molecule has 1 amide bonds. The Kier molecular flexibility index (Phi) is 6.07. The number of anilines is 2. The molecule has 0 bridgehead atoms. The summed E-state index contributed by atoms with van der Waals surface area (Å²) in [4.78, 5) is 29.2. The molecule has 1 aliphatic rings. The third kappa shape index (κ3) is 4.69. The van der Waals surface area contributed by atoms with Gasteiger partial charge in [-0.05, 0) is 42.3 Å². The molecule has 1 aromatic heterocycles. The molecule has 1 fully saturated rings. The molecule has 10 heteroatoms. The van der Waals surface area contributed by atoms with Crippen LogP contribution < -0.4 is 9.64 Å². The second-order valence-electron chi connectivity index (χ2n) is 7.57. The van der Waals surface area contributed by atoms with Crippen LogP contribution in [0.5, 0.6) is 11.5 Å². The van der Waals surface area contributed by atoms with Gasteiger partial charge in [-0.2, -0.15) is 0 Å². The molecule has 2 aromatic carbocycles. The summed E-state index contributed by atoms with van der Waals surface area (Å²) in [5, 5.41) is 11.3. The zero-order valence-corrected chi connectivity index (χ0v) is 18.0. The van der Waals surface area contributed by atoms with Crippen molar-refractivity contribution in [3.05, 3.63) is 82.3 Å². The molecule has 2 heterocycles. The van der Waals surface area contributed by atoms with E-state index in [4.69, 9.17) is 9.47 Å². The molecular formula is C23H21FN4O5. The second kappa shape index (κ2) is 9.11. The van der Waals surface area contributed by atoms with Crippen LogP contribution in [0.4, 0.5) is 26.4 Å². The van der Waals surface area contributed by atoms with Crippen LogP contribution in [0.15, 0.2) is 60.8 Å². The number of ether oxygens (including phenoxy) is 2. The zero-order chi connectivity index (χ0) is 23.5. The predicted octanol–water partition coefficient (Wildman–Crippen LogP) is 4.68. The third-order valence-electron chi connectivity index (χ3n) is 5.44. The van der Waals surface area contributed by atoms with Crippen molar-refractivity contribution in [3.63, 3.8) is 0 Å². The van der Waals surface area contributed by atoms with Crippen LogP contribution in [0.1, 0.15) is 5.56 Å². The van der Waals surface area contributed by atoms with E-state index in [1.54, 1.807) is 37.2 Å². The van der Waals surface area contributed by atoms with Gasteiger partial charge < -0.3 is 19.3 Å². The van der Waals surface area contributed by atoms with Gasteiger partial charge in [-0.25, -0.2) is 14.2 Å². The first-order valence-corrected chi connectivity index (χ1v) is 10.1. The van der Waals surface area contributed by atoms with Gasteiger partial charge in [0.1, 0.15) is 12.4 Å². The minimum Gasteiger partial charge on any atom is -0.454 e. The van der Waals surface area contributed by atoms with E-state index in [-0.39, 0.29) is 29.4 Å². The summed E-state index contributed by atoms with van der Waals surface area (Å²) < 4.78 is 25.4. The lowest BCUT2D eigenvalue weighted by atomic mass is 10.1. The molecular weight excluding hydrogens is 431 g/mol. The number of benzene rings is 2. The number of cyclic esters (lactones) is 1. The number of nitrogens with zero attached hydrogens (tertiary/aromatic N) is 4. The maximum atomic E-state index is 14.7. The number of hydrogen-bond donors (Lipinski definition) is 0. The van der Waals surface area contributed by atoms with Crippen molar-refractivity contribution in [2.45, 2.75) is 12.5 Å². The first-order chi connectivity index (χ1) is 15.8.